The molecular formula is C22H32O5. The van der Waals surface area contributed by atoms with Crippen molar-refractivity contribution < 1.29 is 24.2 Å². The van der Waals surface area contributed by atoms with Crippen molar-refractivity contribution in [2.24, 2.45) is 34.0 Å². The van der Waals surface area contributed by atoms with E-state index in [-0.39, 0.29) is 40.7 Å². The Morgan fingerprint density at radius 2 is 2.04 bits per heavy atom. The van der Waals surface area contributed by atoms with Crippen LogP contribution in [0.5, 0.6) is 0 Å². The average molecular weight is 376 g/mol. The highest BCUT2D eigenvalue weighted by atomic mass is 16.6. The maximum Gasteiger partial charge on any atom is 0.332 e. The van der Waals surface area contributed by atoms with E-state index in [0.717, 1.165) is 32.1 Å². The number of esters is 1. The molecule has 4 aliphatic rings. The Morgan fingerprint density at radius 1 is 1.33 bits per heavy atom. The van der Waals surface area contributed by atoms with E-state index in [9.17, 15) is 14.7 Å². The van der Waals surface area contributed by atoms with E-state index >= 15 is 0 Å². The second kappa shape index (κ2) is 6.15. The first kappa shape index (κ1) is 19.1. The minimum atomic E-state index is -0.722. The zero-order valence-corrected chi connectivity index (χ0v) is 16.7. The molecule has 1 spiro atoms. The number of hydrogen-bond acceptors (Lipinski definition) is 5. The number of aliphatic hydroxyl groups is 1. The lowest BCUT2D eigenvalue weighted by Gasteiger charge is -2.54. The van der Waals surface area contributed by atoms with Crippen LogP contribution in [0, 0.1) is 34.0 Å². The lowest BCUT2D eigenvalue weighted by molar-refractivity contribution is -0.178. The van der Waals surface area contributed by atoms with Crippen molar-refractivity contribution in [3.63, 3.8) is 0 Å². The van der Waals surface area contributed by atoms with Crippen molar-refractivity contribution in [2.75, 3.05) is 13.7 Å². The molecule has 27 heavy (non-hydrogen) atoms. The molecule has 4 aliphatic carbocycles. The van der Waals surface area contributed by atoms with Gasteiger partial charge in [-0.1, -0.05) is 13.0 Å². The summed E-state index contributed by atoms with van der Waals surface area (Å²) >= 11 is 0. The molecule has 2 bridgehead atoms. The highest BCUT2D eigenvalue weighted by Crippen LogP contribution is 2.78. The van der Waals surface area contributed by atoms with Crippen LogP contribution in [0.1, 0.15) is 52.4 Å². The van der Waals surface area contributed by atoms with E-state index in [0.29, 0.717) is 12.3 Å². The molecule has 0 amide bonds. The fourth-order valence-corrected chi connectivity index (χ4v) is 7.34. The normalized spacial score (nSPS) is 50.8. The third kappa shape index (κ3) is 2.37. The zero-order chi connectivity index (χ0) is 19.6. The summed E-state index contributed by atoms with van der Waals surface area (Å²) in [5, 5.41) is 9.29. The van der Waals surface area contributed by atoms with E-state index in [1.54, 1.807) is 13.2 Å². The van der Waals surface area contributed by atoms with Gasteiger partial charge < -0.3 is 14.6 Å². The van der Waals surface area contributed by atoms with Crippen molar-refractivity contribution in [2.45, 2.75) is 64.6 Å². The molecule has 0 aliphatic heterocycles. The van der Waals surface area contributed by atoms with E-state index < -0.39 is 18.0 Å². The summed E-state index contributed by atoms with van der Waals surface area (Å²) in [5.41, 5.74) is -0.931. The Kier molecular flexibility index (Phi) is 4.36. The first-order valence-electron chi connectivity index (χ1n) is 10.3. The molecular weight excluding hydrogens is 344 g/mol. The van der Waals surface area contributed by atoms with Crippen LogP contribution in [-0.4, -0.2) is 42.8 Å². The fourth-order valence-electron chi connectivity index (χ4n) is 7.34. The average Bonchev–Trinajstić information content (AvgIpc) is 3.30. The van der Waals surface area contributed by atoms with E-state index in [1.807, 2.05) is 6.92 Å². The Bertz CT molecular complexity index is 674. The minimum Gasteiger partial charge on any atom is -0.460 e. The summed E-state index contributed by atoms with van der Waals surface area (Å²) in [5.74, 6) is 0.295. The molecule has 5 nitrogen and oxygen atoms in total. The topological polar surface area (TPSA) is 72.8 Å². The third-order valence-electron chi connectivity index (χ3n) is 8.81. The lowest BCUT2D eigenvalue weighted by atomic mass is 9.50. The van der Waals surface area contributed by atoms with Gasteiger partial charge in [-0.3, -0.25) is 4.79 Å². The molecule has 4 fully saturated rings. The second-order valence-electron chi connectivity index (χ2n) is 9.62. The van der Waals surface area contributed by atoms with E-state index in [2.05, 4.69) is 13.5 Å². The molecule has 2 unspecified atom stereocenters. The monoisotopic (exact) mass is 376 g/mol. The van der Waals surface area contributed by atoms with Crippen LogP contribution in [0.15, 0.2) is 12.7 Å². The summed E-state index contributed by atoms with van der Waals surface area (Å²) in [6.07, 6.45) is 7.03. The molecule has 1 N–H and O–H groups in total. The van der Waals surface area contributed by atoms with Crippen molar-refractivity contribution in [1.29, 1.82) is 0 Å². The number of aliphatic hydroxyl groups excluding tert-OH is 1. The number of hydrogen-bond donors (Lipinski definition) is 1. The van der Waals surface area contributed by atoms with Crippen molar-refractivity contribution >= 4 is 11.8 Å². The summed E-state index contributed by atoms with van der Waals surface area (Å²) in [6, 6.07) is 0. The Hall–Kier alpha value is -1.20. The highest BCUT2D eigenvalue weighted by molar-refractivity contribution is 5.89. The van der Waals surface area contributed by atoms with Gasteiger partial charge in [0.05, 0.1) is 6.10 Å². The Balaban J connectivity index is 1.86. The molecule has 8 atom stereocenters. The number of allylic oxidation sites excluding steroid dienone is 1. The summed E-state index contributed by atoms with van der Waals surface area (Å²) in [6.45, 7) is 7.36. The molecule has 0 aromatic heterocycles. The van der Waals surface area contributed by atoms with Crippen LogP contribution < -0.4 is 0 Å². The van der Waals surface area contributed by atoms with Gasteiger partial charge in [0.15, 0.2) is 0 Å². The van der Waals surface area contributed by atoms with Crippen molar-refractivity contribution in [3.8, 4) is 0 Å². The summed E-state index contributed by atoms with van der Waals surface area (Å²) in [4.78, 5) is 25.7. The smallest absolute Gasteiger partial charge is 0.332 e. The van der Waals surface area contributed by atoms with Crippen LogP contribution in [-0.2, 0) is 19.1 Å². The van der Waals surface area contributed by atoms with Gasteiger partial charge in [-0.05, 0) is 50.4 Å². The van der Waals surface area contributed by atoms with Gasteiger partial charge in [-0.15, -0.1) is 6.58 Å². The predicted molar refractivity (Wildman–Crippen MR) is 99.8 cm³/mol. The molecule has 0 radical (unpaired) electrons. The highest BCUT2D eigenvalue weighted by Gasteiger charge is 2.76. The quantitative estimate of drug-likeness (QED) is 0.603. The van der Waals surface area contributed by atoms with Crippen LogP contribution in [0.2, 0.25) is 0 Å². The number of ether oxygens (including phenoxy) is 2. The number of ketones is 1. The number of rotatable bonds is 4. The van der Waals surface area contributed by atoms with Gasteiger partial charge in [0.25, 0.3) is 0 Å². The zero-order valence-electron chi connectivity index (χ0n) is 16.7. The molecule has 0 saturated heterocycles. The standard InChI is InChI=1S/C22H32O5/c1-5-20(3)11-16(27-17(24)12-23)22-10-14(22)6-8-21(13(2)19(20)25)9-7-15(26-4)18(21)22/h5,13-16,18,23H,1,6-12H2,2-4H3/t13-,14?,15+,16+,18?,20+,21-,22-/m0/s1. The van der Waals surface area contributed by atoms with E-state index in [4.69, 9.17) is 9.47 Å². The summed E-state index contributed by atoms with van der Waals surface area (Å²) < 4.78 is 11.8. The van der Waals surface area contributed by atoms with Crippen LogP contribution >= 0.6 is 0 Å². The van der Waals surface area contributed by atoms with E-state index in [1.165, 1.54) is 0 Å². The minimum absolute atomic E-state index is 0.0569. The van der Waals surface area contributed by atoms with Gasteiger partial charge in [0.2, 0.25) is 0 Å². The van der Waals surface area contributed by atoms with Crippen LogP contribution in [0.4, 0.5) is 0 Å². The maximum atomic E-state index is 13.6. The van der Waals surface area contributed by atoms with Gasteiger partial charge in [-0.25, -0.2) is 4.79 Å². The van der Waals surface area contributed by atoms with Gasteiger partial charge in [-0.2, -0.15) is 0 Å². The van der Waals surface area contributed by atoms with Crippen molar-refractivity contribution in [1.82, 2.24) is 0 Å². The number of carbonyl (C=O) groups is 2. The van der Waals surface area contributed by atoms with Gasteiger partial charge in [0, 0.05) is 36.2 Å². The first-order valence-corrected chi connectivity index (χ1v) is 10.3. The first-order chi connectivity index (χ1) is 12.8. The summed E-state index contributed by atoms with van der Waals surface area (Å²) in [7, 11) is 1.77. The Labute approximate surface area is 161 Å². The van der Waals surface area contributed by atoms with Crippen molar-refractivity contribution in [3.05, 3.63) is 12.7 Å². The largest absolute Gasteiger partial charge is 0.460 e. The predicted octanol–water partition coefficient (Wildman–Crippen LogP) is 2.90. The lowest BCUT2D eigenvalue weighted by Crippen LogP contribution is -2.57. The number of Topliss-reactive ketones (excluding diaryl/α,β-unsaturated/α-hetero) is 1. The molecule has 150 valence electrons. The molecule has 0 aromatic carbocycles. The van der Waals surface area contributed by atoms with Gasteiger partial charge >= 0.3 is 5.97 Å². The number of carbonyl (C=O) groups excluding carboxylic acids is 2. The second-order valence-corrected chi connectivity index (χ2v) is 9.62. The van der Waals surface area contributed by atoms with Gasteiger partial charge in [0.1, 0.15) is 18.5 Å². The maximum absolute atomic E-state index is 13.6. The molecule has 4 rings (SSSR count). The molecule has 5 heteroatoms. The molecule has 0 aromatic rings. The fraction of sp³-hybridized carbons (Fsp3) is 0.818. The van der Waals surface area contributed by atoms with Crippen LogP contribution in [0.3, 0.4) is 0 Å². The SMILES string of the molecule is C=C[C@]1(C)C[C@@H](OC(=O)CO)[C@]23CC2CC[C@]2(CC[C@@H](OC)C23)[C@@H](C)C1=O. The Morgan fingerprint density at radius 3 is 2.67 bits per heavy atom. The van der Waals surface area contributed by atoms with Crippen LogP contribution in [0.25, 0.3) is 0 Å². The molecule has 4 saturated carbocycles. The third-order valence-corrected chi connectivity index (χ3v) is 8.81. The number of methoxy groups -OCH3 is 1. The molecule has 0 heterocycles.